The summed E-state index contributed by atoms with van der Waals surface area (Å²) in [6.45, 7) is 12.9. The zero-order valence-corrected chi connectivity index (χ0v) is 17.1. The van der Waals surface area contributed by atoms with Gasteiger partial charge in [0.25, 0.3) is 0 Å². The zero-order valence-electron chi connectivity index (χ0n) is 17.1. The molecule has 0 radical (unpaired) electrons. The summed E-state index contributed by atoms with van der Waals surface area (Å²) >= 11 is 0. The third-order valence-corrected chi connectivity index (χ3v) is 5.45. The van der Waals surface area contributed by atoms with Crippen LogP contribution in [0.3, 0.4) is 0 Å². The van der Waals surface area contributed by atoms with E-state index in [1.165, 1.54) is 54.2 Å². The van der Waals surface area contributed by atoms with Crippen LogP contribution in [-0.2, 0) is 6.42 Å². The van der Waals surface area contributed by atoms with Gasteiger partial charge in [-0.25, -0.2) is 0 Å². The van der Waals surface area contributed by atoms with Crippen molar-refractivity contribution in [2.24, 2.45) is 0 Å². The van der Waals surface area contributed by atoms with Crippen molar-refractivity contribution in [1.29, 1.82) is 5.41 Å². The number of anilines is 1. The van der Waals surface area contributed by atoms with Crippen molar-refractivity contribution >= 4 is 11.9 Å². The minimum Gasteiger partial charge on any atom is -0.388 e. The van der Waals surface area contributed by atoms with E-state index in [0.717, 1.165) is 23.4 Å². The van der Waals surface area contributed by atoms with Crippen LogP contribution in [0.1, 0.15) is 76.0 Å². The average molecular weight is 354 g/mol. The van der Waals surface area contributed by atoms with E-state index in [-0.39, 0.29) is 0 Å². The van der Waals surface area contributed by atoms with Crippen LogP contribution in [0.4, 0.5) is 5.69 Å². The highest BCUT2D eigenvalue weighted by molar-refractivity contribution is 5.88. The fourth-order valence-corrected chi connectivity index (χ4v) is 3.72. The van der Waals surface area contributed by atoms with E-state index in [1.807, 2.05) is 7.05 Å². The van der Waals surface area contributed by atoms with E-state index in [9.17, 15) is 0 Å². The predicted molar refractivity (Wildman–Crippen MR) is 115 cm³/mol. The van der Waals surface area contributed by atoms with Gasteiger partial charge in [0.15, 0.2) is 0 Å². The second kappa shape index (κ2) is 9.07. The molecule has 0 aliphatic heterocycles. The van der Waals surface area contributed by atoms with Crippen molar-refractivity contribution in [3.63, 3.8) is 0 Å². The Bertz CT molecular complexity index is 688. The quantitative estimate of drug-likeness (QED) is 0.410. The molecule has 0 spiro atoms. The van der Waals surface area contributed by atoms with E-state index in [0.29, 0.717) is 12.0 Å². The molecule has 3 N–H and O–H groups in total. The molecule has 0 heterocycles. The molecule has 26 heavy (non-hydrogen) atoms. The molecule has 1 aromatic carbocycles. The molecular formula is C23H35N3. The maximum Gasteiger partial charge on any atom is 0.0437 e. The standard InChI is InChI=1S/C23H35N3/c1-15(2)18-11-19(12-21(16(3)4)17(5)25-6)22(14-24)23(13-18)26-20-9-7-8-10-20/h11,13-15,20,24-26H,5,7-10,12H2,1-4,6H3. The fraction of sp³-hybridized carbons (Fsp3) is 0.522. The number of likely N-dealkylation sites (N-methyl/N-ethyl adjacent to an activating group) is 1. The van der Waals surface area contributed by atoms with E-state index in [2.05, 4.69) is 57.0 Å². The van der Waals surface area contributed by atoms with Gasteiger partial charge in [-0.3, -0.25) is 0 Å². The smallest absolute Gasteiger partial charge is 0.0437 e. The predicted octanol–water partition coefficient (Wildman–Crippen LogP) is 5.77. The molecule has 142 valence electrons. The summed E-state index contributed by atoms with van der Waals surface area (Å²) in [5, 5.41) is 15.0. The van der Waals surface area contributed by atoms with Crippen molar-refractivity contribution in [2.45, 2.75) is 71.8 Å². The Labute approximate surface area is 159 Å². The summed E-state index contributed by atoms with van der Waals surface area (Å²) in [5.74, 6) is 0.459. The monoisotopic (exact) mass is 353 g/mol. The lowest BCUT2D eigenvalue weighted by Crippen LogP contribution is -2.17. The number of rotatable bonds is 8. The number of hydrogen-bond donors (Lipinski definition) is 3. The third kappa shape index (κ3) is 4.78. The van der Waals surface area contributed by atoms with Crippen molar-refractivity contribution in [3.05, 3.63) is 52.2 Å². The average Bonchev–Trinajstić information content (AvgIpc) is 3.11. The topological polar surface area (TPSA) is 47.9 Å². The maximum absolute atomic E-state index is 8.06. The molecule has 0 bridgehead atoms. The Kier molecular flexibility index (Phi) is 7.07. The summed E-state index contributed by atoms with van der Waals surface area (Å²) in [6, 6.07) is 5.07. The van der Waals surface area contributed by atoms with E-state index in [4.69, 9.17) is 5.41 Å². The number of hydrogen-bond acceptors (Lipinski definition) is 3. The van der Waals surface area contributed by atoms with Crippen LogP contribution in [0.5, 0.6) is 0 Å². The summed E-state index contributed by atoms with van der Waals surface area (Å²) in [5.41, 5.74) is 8.12. The number of benzene rings is 1. The van der Waals surface area contributed by atoms with Gasteiger partial charge in [0.1, 0.15) is 0 Å². The first-order chi connectivity index (χ1) is 12.4. The SMILES string of the molecule is C=C(NC)C(Cc1cc(C(C)C)cc(NC2CCCC2)c1C=N)=C(C)C. The molecule has 0 saturated heterocycles. The maximum atomic E-state index is 8.06. The third-order valence-electron chi connectivity index (χ3n) is 5.45. The molecule has 2 rings (SSSR count). The van der Waals surface area contributed by atoms with Crippen LogP contribution in [-0.4, -0.2) is 19.3 Å². The largest absolute Gasteiger partial charge is 0.388 e. The van der Waals surface area contributed by atoms with Crippen molar-refractivity contribution in [3.8, 4) is 0 Å². The number of nitrogens with one attached hydrogen (secondary N) is 3. The molecule has 3 heteroatoms. The Morgan fingerprint density at radius 1 is 1.27 bits per heavy atom. The van der Waals surface area contributed by atoms with E-state index < -0.39 is 0 Å². The second-order valence-electron chi connectivity index (χ2n) is 7.95. The first-order valence-electron chi connectivity index (χ1n) is 9.84. The Hall–Kier alpha value is -2.03. The molecule has 1 aromatic rings. The normalized spacial score (nSPS) is 14.4. The lowest BCUT2D eigenvalue weighted by atomic mass is 9.90. The van der Waals surface area contributed by atoms with Crippen LogP contribution in [0.15, 0.2) is 35.6 Å². The molecule has 0 atom stereocenters. The van der Waals surface area contributed by atoms with Crippen LogP contribution in [0.2, 0.25) is 0 Å². The van der Waals surface area contributed by atoms with Crippen LogP contribution >= 0.6 is 0 Å². The van der Waals surface area contributed by atoms with E-state index >= 15 is 0 Å². The van der Waals surface area contributed by atoms with E-state index in [1.54, 1.807) is 0 Å². The summed E-state index contributed by atoms with van der Waals surface area (Å²) in [6.07, 6.45) is 7.38. The van der Waals surface area contributed by atoms with Gasteiger partial charge in [0.05, 0.1) is 0 Å². The molecule has 1 fully saturated rings. The molecule has 0 aromatic heterocycles. The van der Waals surface area contributed by atoms with Crippen molar-refractivity contribution in [1.82, 2.24) is 5.32 Å². The van der Waals surface area contributed by atoms with Crippen LogP contribution in [0.25, 0.3) is 0 Å². The zero-order chi connectivity index (χ0) is 19.3. The first kappa shape index (κ1) is 20.3. The van der Waals surface area contributed by atoms with Crippen LogP contribution < -0.4 is 10.6 Å². The molecule has 3 nitrogen and oxygen atoms in total. The van der Waals surface area contributed by atoms with Gasteiger partial charge in [0, 0.05) is 42.7 Å². The minimum absolute atomic E-state index is 0.459. The van der Waals surface area contributed by atoms with Crippen molar-refractivity contribution < 1.29 is 0 Å². The lowest BCUT2D eigenvalue weighted by molar-refractivity contribution is 0.754. The fourth-order valence-electron chi connectivity index (χ4n) is 3.72. The minimum atomic E-state index is 0.459. The first-order valence-corrected chi connectivity index (χ1v) is 9.84. The van der Waals surface area contributed by atoms with Gasteiger partial charge in [-0.2, -0.15) is 0 Å². The molecule has 1 saturated carbocycles. The van der Waals surface area contributed by atoms with Crippen LogP contribution in [0, 0.1) is 5.41 Å². The Morgan fingerprint density at radius 2 is 1.92 bits per heavy atom. The van der Waals surface area contributed by atoms with Gasteiger partial charge in [-0.05, 0) is 55.4 Å². The second-order valence-corrected chi connectivity index (χ2v) is 7.95. The Morgan fingerprint density at radius 3 is 2.42 bits per heavy atom. The molecule has 1 aliphatic rings. The van der Waals surface area contributed by atoms with Gasteiger partial charge >= 0.3 is 0 Å². The van der Waals surface area contributed by atoms with Gasteiger partial charge in [-0.1, -0.05) is 44.9 Å². The molecular weight excluding hydrogens is 318 g/mol. The lowest BCUT2D eigenvalue weighted by Gasteiger charge is -2.22. The highest BCUT2D eigenvalue weighted by Crippen LogP contribution is 2.31. The van der Waals surface area contributed by atoms with Gasteiger partial charge in [0.2, 0.25) is 0 Å². The van der Waals surface area contributed by atoms with Gasteiger partial charge in [-0.15, -0.1) is 0 Å². The summed E-state index contributed by atoms with van der Waals surface area (Å²) < 4.78 is 0. The highest BCUT2D eigenvalue weighted by atomic mass is 14.9. The molecule has 0 amide bonds. The summed E-state index contributed by atoms with van der Waals surface area (Å²) in [4.78, 5) is 0. The number of allylic oxidation sites excluding steroid dienone is 2. The Balaban J connectivity index is 2.48. The molecule has 1 aliphatic carbocycles. The summed E-state index contributed by atoms with van der Waals surface area (Å²) in [7, 11) is 1.92. The van der Waals surface area contributed by atoms with Crippen molar-refractivity contribution in [2.75, 3.05) is 12.4 Å². The van der Waals surface area contributed by atoms with Gasteiger partial charge < -0.3 is 16.0 Å². The molecule has 0 unspecified atom stereocenters. The highest BCUT2D eigenvalue weighted by Gasteiger charge is 2.19.